The van der Waals surface area contributed by atoms with Gasteiger partial charge in [-0.25, -0.2) is 0 Å². The molecular weight excluding hydrogens is 246 g/mol. The monoisotopic (exact) mass is 263 g/mol. The fourth-order valence-corrected chi connectivity index (χ4v) is 3.15. The van der Waals surface area contributed by atoms with E-state index in [4.69, 9.17) is 0 Å². The van der Waals surface area contributed by atoms with Gasteiger partial charge in [0.05, 0.1) is 0 Å². The summed E-state index contributed by atoms with van der Waals surface area (Å²) >= 11 is 0. The van der Waals surface area contributed by atoms with Crippen molar-refractivity contribution >= 4 is 11.6 Å². The van der Waals surface area contributed by atoms with Crippen LogP contribution in [0.1, 0.15) is 24.5 Å². The van der Waals surface area contributed by atoms with Crippen molar-refractivity contribution in [3.63, 3.8) is 0 Å². The highest BCUT2D eigenvalue weighted by Gasteiger charge is 2.39. The molecule has 1 amide bonds. The Morgan fingerprint density at radius 3 is 2.65 bits per heavy atom. The Bertz CT molecular complexity index is 704. The highest BCUT2D eigenvalue weighted by atomic mass is 16.2. The summed E-state index contributed by atoms with van der Waals surface area (Å²) in [4.78, 5) is 12.0. The maximum Gasteiger partial charge on any atom is 0.227 e. The van der Waals surface area contributed by atoms with E-state index in [-0.39, 0.29) is 11.8 Å². The van der Waals surface area contributed by atoms with Gasteiger partial charge in [-0.1, -0.05) is 37.3 Å². The van der Waals surface area contributed by atoms with Crippen molar-refractivity contribution in [3.8, 4) is 11.1 Å². The summed E-state index contributed by atoms with van der Waals surface area (Å²) in [6.45, 7) is 2.13. The van der Waals surface area contributed by atoms with Crippen LogP contribution in [0.3, 0.4) is 0 Å². The summed E-state index contributed by atoms with van der Waals surface area (Å²) in [5.74, 6) is 0.946. The van der Waals surface area contributed by atoms with Crippen molar-refractivity contribution in [2.45, 2.75) is 19.8 Å². The van der Waals surface area contributed by atoms with Crippen molar-refractivity contribution in [3.05, 3.63) is 53.6 Å². The molecule has 0 aromatic heterocycles. The first-order valence-electron chi connectivity index (χ1n) is 7.24. The molecule has 2 aromatic rings. The number of fused-ring (bicyclic) bond motifs is 3. The Labute approximate surface area is 118 Å². The number of anilines is 1. The Morgan fingerprint density at radius 1 is 1.10 bits per heavy atom. The number of hydrogen-bond donors (Lipinski definition) is 1. The molecule has 2 nitrogen and oxygen atoms in total. The maximum absolute atomic E-state index is 12.0. The standard InChI is InChI=1S/C18H17NO/c1-11-8-17(11)18(20)19-14-6-7-16-13(10-14)9-12-4-2-3-5-15(12)16/h2-7,10-11,17H,8-9H2,1H3,(H,19,20)/t11-,17+/m0/s1. The van der Waals surface area contributed by atoms with Crippen molar-refractivity contribution in [1.82, 2.24) is 0 Å². The predicted molar refractivity (Wildman–Crippen MR) is 80.6 cm³/mol. The largest absolute Gasteiger partial charge is 0.326 e. The average molecular weight is 263 g/mol. The number of amides is 1. The molecule has 2 aliphatic rings. The molecule has 1 fully saturated rings. The maximum atomic E-state index is 12.0. The third-order valence-corrected chi connectivity index (χ3v) is 4.51. The van der Waals surface area contributed by atoms with E-state index >= 15 is 0 Å². The van der Waals surface area contributed by atoms with Crippen molar-refractivity contribution in [2.24, 2.45) is 11.8 Å². The van der Waals surface area contributed by atoms with Crippen LogP contribution in [0.2, 0.25) is 0 Å². The van der Waals surface area contributed by atoms with Gasteiger partial charge in [0.15, 0.2) is 0 Å². The molecule has 1 N–H and O–H groups in total. The number of nitrogens with one attached hydrogen (secondary N) is 1. The fraction of sp³-hybridized carbons (Fsp3) is 0.278. The van der Waals surface area contributed by atoms with Crippen LogP contribution in [0, 0.1) is 11.8 Å². The van der Waals surface area contributed by atoms with E-state index in [9.17, 15) is 4.79 Å². The normalized spacial score (nSPS) is 22.1. The lowest BCUT2D eigenvalue weighted by Crippen LogP contribution is -2.14. The molecule has 0 aliphatic heterocycles. The van der Waals surface area contributed by atoms with E-state index in [1.54, 1.807) is 0 Å². The van der Waals surface area contributed by atoms with Crippen LogP contribution in [-0.4, -0.2) is 5.91 Å². The van der Waals surface area contributed by atoms with Crippen molar-refractivity contribution in [1.29, 1.82) is 0 Å². The molecule has 0 radical (unpaired) electrons. The molecule has 0 unspecified atom stereocenters. The summed E-state index contributed by atoms with van der Waals surface area (Å²) in [6.07, 6.45) is 2.00. The van der Waals surface area contributed by atoms with Crippen LogP contribution in [0.15, 0.2) is 42.5 Å². The van der Waals surface area contributed by atoms with Gasteiger partial charge in [0, 0.05) is 11.6 Å². The minimum Gasteiger partial charge on any atom is -0.326 e. The average Bonchev–Trinajstić information content (AvgIpc) is 3.07. The summed E-state index contributed by atoms with van der Waals surface area (Å²) in [7, 11) is 0. The van der Waals surface area contributed by atoms with Gasteiger partial charge in [0.2, 0.25) is 5.91 Å². The first kappa shape index (κ1) is 11.7. The minimum atomic E-state index is 0.174. The number of carbonyl (C=O) groups is 1. The van der Waals surface area contributed by atoms with Crippen LogP contribution in [0.4, 0.5) is 5.69 Å². The molecule has 100 valence electrons. The zero-order valence-corrected chi connectivity index (χ0v) is 11.5. The van der Waals surface area contributed by atoms with Gasteiger partial charge in [0.25, 0.3) is 0 Å². The van der Waals surface area contributed by atoms with Crippen molar-refractivity contribution < 1.29 is 4.79 Å². The third kappa shape index (κ3) is 1.83. The quantitative estimate of drug-likeness (QED) is 0.747. The number of carbonyl (C=O) groups excluding carboxylic acids is 1. The SMILES string of the molecule is C[C@H]1C[C@H]1C(=O)Nc1ccc2c(c1)Cc1ccccc1-2. The number of rotatable bonds is 2. The molecule has 1 saturated carbocycles. The van der Waals surface area contributed by atoms with Gasteiger partial charge in [-0.05, 0) is 53.1 Å². The highest BCUT2D eigenvalue weighted by molar-refractivity contribution is 5.95. The molecule has 2 aromatic carbocycles. The molecule has 2 aliphatic carbocycles. The van der Waals surface area contributed by atoms with Gasteiger partial charge in [0.1, 0.15) is 0 Å². The molecule has 0 heterocycles. The second kappa shape index (κ2) is 4.20. The third-order valence-electron chi connectivity index (χ3n) is 4.51. The molecule has 0 bridgehead atoms. The lowest BCUT2D eigenvalue weighted by Gasteiger charge is -2.07. The van der Waals surface area contributed by atoms with Gasteiger partial charge >= 0.3 is 0 Å². The molecule has 2 heteroatoms. The summed E-state index contributed by atoms with van der Waals surface area (Å²) in [5, 5.41) is 3.05. The minimum absolute atomic E-state index is 0.174. The molecule has 0 spiro atoms. The highest BCUT2D eigenvalue weighted by Crippen LogP contribution is 2.40. The number of benzene rings is 2. The predicted octanol–water partition coefficient (Wildman–Crippen LogP) is 3.85. The lowest BCUT2D eigenvalue weighted by molar-refractivity contribution is -0.117. The zero-order chi connectivity index (χ0) is 13.7. The van der Waals surface area contributed by atoms with E-state index < -0.39 is 0 Å². The smallest absolute Gasteiger partial charge is 0.227 e. The Hall–Kier alpha value is -2.09. The molecule has 20 heavy (non-hydrogen) atoms. The van der Waals surface area contributed by atoms with Gasteiger partial charge in [-0.3, -0.25) is 4.79 Å². The van der Waals surface area contributed by atoms with E-state index in [2.05, 4.69) is 48.6 Å². The Morgan fingerprint density at radius 2 is 1.85 bits per heavy atom. The summed E-state index contributed by atoms with van der Waals surface area (Å²) in [6, 6.07) is 14.8. The summed E-state index contributed by atoms with van der Waals surface area (Å²) in [5.41, 5.74) is 6.25. The van der Waals surface area contributed by atoms with E-state index in [0.717, 1.165) is 18.5 Å². The van der Waals surface area contributed by atoms with Crippen LogP contribution in [0.25, 0.3) is 11.1 Å². The van der Waals surface area contributed by atoms with E-state index in [1.807, 2.05) is 6.07 Å². The van der Waals surface area contributed by atoms with Crippen LogP contribution in [0.5, 0.6) is 0 Å². The second-order valence-corrected chi connectivity index (χ2v) is 6.01. The summed E-state index contributed by atoms with van der Waals surface area (Å²) < 4.78 is 0. The molecule has 2 atom stereocenters. The van der Waals surface area contributed by atoms with Crippen LogP contribution >= 0.6 is 0 Å². The fourth-order valence-electron chi connectivity index (χ4n) is 3.15. The molecule has 4 rings (SSSR count). The Kier molecular flexibility index (Phi) is 2.46. The molecule has 0 saturated heterocycles. The first-order valence-corrected chi connectivity index (χ1v) is 7.24. The van der Waals surface area contributed by atoms with Crippen LogP contribution < -0.4 is 5.32 Å². The second-order valence-electron chi connectivity index (χ2n) is 6.01. The van der Waals surface area contributed by atoms with Gasteiger partial charge in [-0.2, -0.15) is 0 Å². The number of hydrogen-bond acceptors (Lipinski definition) is 1. The lowest BCUT2D eigenvalue weighted by atomic mass is 10.1. The first-order chi connectivity index (χ1) is 9.72. The van der Waals surface area contributed by atoms with E-state index in [0.29, 0.717) is 5.92 Å². The van der Waals surface area contributed by atoms with E-state index in [1.165, 1.54) is 22.3 Å². The van der Waals surface area contributed by atoms with Gasteiger partial charge < -0.3 is 5.32 Å². The van der Waals surface area contributed by atoms with Crippen molar-refractivity contribution in [2.75, 3.05) is 5.32 Å². The zero-order valence-electron chi connectivity index (χ0n) is 11.5. The van der Waals surface area contributed by atoms with Crippen LogP contribution in [-0.2, 0) is 11.2 Å². The van der Waals surface area contributed by atoms with Gasteiger partial charge in [-0.15, -0.1) is 0 Å². The topological polar surface area (TPSA) is 29.1 Å². The molecular formula is C18H17NO. The Balaban J connectivity index is 1.60.